The van der Waals surface area contributed by atoms with E-state index in [2.05, 4.69) is 51.4 Å². The molecule has 0 atom stereocenters. The van der Waals surface area contributed by atoms with Gasteiger partial charge in [-0.05, 0) is 72.9 Å². The summed E-state index contributed by atoms with van der Waals surface area (Å²) in [5.41, 5.74) is 5.94. The van der Waals surface area contributed by atoms with Crippen LogP contribution in [0.5, 0.6) is 0 Å². The van der Waals surface area contributed by atoms with Crippen molar-refractivity contribution < 1.29 is 32.8 Å². The highest BCUT2D eigenvalue weighted by Gasteiger charge is 2.19. The highest BCUT2D eigenvalue weighted by Crippen LogP contribution is 2.33. The van der Waals surface area contributed by atoms with Gasteiger partial charge in [-0.15, -0.1) is 0 Å². The van der Waals surface area contributed by atoms with E-state index in [1.54, 1.807) is 6.07 Å². The summed E-state index contributed by atoms with van der Waals surface area (Å²) in [6.45, 7) is 0. The Bertz CT molecular complexity index is 1370. The second-order valence-corrected chi connectivity index (χ2v) is 8.14. The van der Waals surface area contributed by atoms with E-state index >= 15 is 0 Å². The summed E-state index contributed by atoms with van der Waals surface area (Å²) in [5, 5.41) is 2.20. The number of hydrogen-bond donors (Lipinski definition) is 0. The van der Waals surface area contributed by atoms with Crippen LogP contribution in [0.15, 0.2) is 66.9 Å². The molecule has 1 saturated carbocycles. The highest BCUT2D eigenvalue weighted by atomic mass is 127. The number of nitrogens with zero attached hydrogens (tertiary/aromatic N) is 2. The fourth-order valence-electron chi connectivity index (χ4n) is 5.04. The molecule has 3 heterocycles. The van der Waals surface area contributed by atoms with Gasteiger partial charge in [0.05, 0.1) is 0 Å². The van der Waals surface area contributed by atoms with Crippen LogP contribution in [-0.2, 0) is 0 Å². The Kier molecular flexibility index (Phi) is 4.69. The van der Waals surface area contributed by atoms with Crippen molar-refractivity contribution in [2.45, 2.75) is 38.0 Å². The SMILES string of the molecule is Fc1ccc2c(ccc3c[n+]4c5ccc(C6CCCCC6)cc5ccc4n32)c1.[I-]. The molecule has 4 heteroatoms. The van der Waals surface area contributed by atoms with Gasteiger partial charge in [0.15, 0.2) is 5.52 Å². The van der Waals surface area contributed by atoms with Gasteiger partial charge < -0.3 is 24.0 Å². The third-order valence-corrected chi connectivity index (χ3v) is 6.46. The van der Waals surface area contributed by atoms with Crippen LogP contribution in [-0.4, -0.2) is 4.40 Å². The second kappa shape index (κ2) is 7.24. The molecule has 2 aromatic carbocycles. The van der Waals surface area contributed by atoms with E-state index in [1.165, 1.54) is 54.6 Å². The summed E-state index contributed by atoms with van der Waals surface area (Å²) in [6, 6.07) is 20.5. The van der Waals surface area contributed by atoms with E-state index in [1.807, 2.05) is 12.1 Å². The van der Waals surface area contributed by atoms with Crippen LogP contribution >= 0.6 is 0 Å². The molecule has 0 saturated heterocycles. The summed E-state index contributed by atoms with van der Waals surface area (Å²) in [6.07, 6.45) is 8.92. The maximum absolute atomic E-state index is 13.7. The Morgan fingerprint density at radius 3 is 2.52 bits per heavy atom. The number of fused-ring (bicyclic) bond motifs is 7. The number of pyridine rings is 2. The number of halogens is 2. The second-order valence-electron chi connectivity index (χ2n) is 8.14. The molecule has 146 valence electrons. The van der Waals surface area contributed by atoms with Gasteiger partial charge in [0.25, 0.3) is 5.65 Å². The number of benzene rings is 2. The molecule has 6 rings (SSSR count). The normalized spacial score (nSPS) is 15.3. The summed E-state index contributed by atoms with van der Waals surface area (Å²) < 4.78 is 18.1. The third-order valence-electron chi connectivity index (χ3n) is 6.46. The average molecular weight is 496 g/mol. The monoisotopic (exact) mass is 496 g/mol. The van der Waals surface area contributed by atoms with Crippen LogP contribution in [0.25, 0.3) is 33.0 Å². The molecule has 2 nitrogen and oxygen atoms in total. The van der Waals surface area contributed by atoms with E-state index in [4.69, 9.17) is 0 Å². The summed E-state index contributed by atoms with van der Waals surface area (Å²) in [5.74, 6) is 0.516. The standard InChI is InChI=1S/C25H22FN2.HI/c26-21-9-12-24-20(15-21)6-10-22-16-27-23-11-7-18(17-4-2-1-3-5-17)14-19(23)8-13-25(27)28(22)24;/h6-17H,1-5H2;1H/q+1;/p-1. The number of aromatic nitrogens is 2. The smallest absolute Gasteiger partial charge is 0.292 e. The first-order valence-corrected chi connectivity index (χ1v) is 10.3. The topological polar surface area (TPSA) is 8.51 Å². The Balaban J connectivity index is 0.00000181. The van der Waals surface area contributed by atoms with E-state index in [9.17, 15) is 4.39 Å². The highest BCUT2D eigenvalue weighted by molar-refractivity contribution is 5.85. The van der Waals surface area contributed by atoms with E-state index in [-0.39, 0.29) is 29.8 Å². The van der Waals surface area contributed by atoms with Crippen molar-refractivity contribution in [3.05, 3.63) is 78.2 Å². The van der Waals surface area contributed by atoms with Gasteiger partial charge in [-0.2, -0.15) is 8.80 Å². The van der Waals surface area contributed by atoms with Gasteiger partial charge in [-0.3, -0.25) is 0 Å². The zero-order valence-electron chi connectivity index (χ0n) is 16.1. The van der Waals surface area contributed by atoms with Crippen LogP contribution < -0.4 is 28.4 Å². The molecule has 1 fully saturated rings. The van der Waals surface area contributed by atoms with Crippen LogP contribution in [0.4, 0.5) is 4.39 Å². The molecule has 0 radical (unpaired) electrons. The van der Waals surface area contributed by atoms with Crippen LogP contribution in [0.1, 0.15) is 43.6 Å². The molecule has 1 aliphatic rings. The van der Waals surface area contributed by atoms with Gasteiger partial charge in [0.1, 0.15) is 23.0 Å². The van der Waals surface area contributed by atoms with Crippen molar-refractivity contribution in [3.63, 3.8) is 0 Å². The first-order chi connectivity index (χ1) is 13.8. The lowest BCUT2D eigenvalue weighted by molar-refractivity contribution is -0.479. The first kappa shape index (κ1) is 18.8. The minimum atomic E-state index is -0.198. The van der Waals surface area contributed by atoms with Crippen molar-refractivity contribution in [2.75, 3.05) is 0 Å². The number of imidazole rings is 1. The van der Waals surface area contributed by atoms with Crippen LogP contribution in [0.2, 0.25) is 0 Å². The molecule has 0 bridgehead atoms. The largest absolute Gasteiger partial charge is 1.00 e. The number of hydrogen-bond acceptors (Lipinski definition) is 0. The van der Waals surface area contributed by atoms with Crippen molar-refractivity contribution >= 4 is 33.0 Å². The zero-order valence-corrected chi connectivity index (χ0v) is 18.3. The fourth-order valence-corrected chi connectivity index (χ4v) is 5.04. The Labute approximate surface area is 186 Å². The predicted octanol–water partition coefficient (Wildman–Crippen LogP) is 3.18. The van der Waals surface area contributed by atoms with Crippen molar-refractivity contribution in [1.29, 1.82) is 0 Å². The van der Waals surface area contributed by atoms with E-state index in [0.29, 0.717) is 5.92 Å². The molecule has 0 spiro atoms. The summed E-state index contributed by atoms with van der Waals surface area (Å²) >= 11 is 0. The molecule has 29 heavy (non-hydrogen) atoms. The van der Waals surface area contributed by atoms with Crippen LogP contribution in [0, 0.1) is 5.82 Å². The Morgan fingerprint density at radius 2 is 1.66 bits per heavy atom. The molecule has 1 aliphatic carbocycles. The van der Waals surface area contributed by atoms with Gasteiger partial charge >= 0.3 is 0 Å². The van der Waals surface area contributed by atoms with Gasteiger partial charge in [0, 0.05) is 16.8 Å². The lowest BCUT2D eigenvalue weighted by Crippen LogP contribution is -3.00. The molecule has 0 aliphatic heterocycles. The van der Waals surface area contributed by atoms with Crippen molar-refractivity contribution in [2.24, 2.45) is 0 Å². The Morgan fingerprint density at radius 1 is 0.828 bits per heavy atom. The maximum atomic E-state index is 13.7. The lowest BCUT2D eigenvalue weighted by atomic mass is 9.84. The molecule has 5 aromatic rings. The van der Waals surface area contributed by atoms with Crippen molar-refractivity contribution in [3.8, 4) is 0 Å². The minimum Gasteiger partial charge on any atom is -1.00 e. The van der Waals surface area contributed by atoms with E-state index in [0.717, 1.165) is 22.1 Å². The molecular weight excluding hydrogens is 474 g/mol. The minimum absolute atomic E-state index is 0. The molecule has 0 amide bonds. The van der Waals surface area contributed by atoms with Gasteiger partial charge in [-0.25, -0.2) is 4.39 Å². The molecule has 3 aromatic heterocycles. The quantitative estimate of drug-likeness (QED) is 0.249. The molecule has 0 unspecified atom stereocenters. The van der Waals surface area contributed by atoms with Gasteiger partial charge in [0.2, 0.25) is 0 Å². The lowest BCUT2D eigenvalue weighted by Gasteiger charge is -2.22. The van der Waals surface area contributed by atoms with E-state index < -0.39 is 0 Å². The Hall–Kier alpha value is -2.21. The van der Waals surface area contributed by atoms with Crippen molar-refractivity contribution in [1.82, 2.24) is 4.40 Å². The molecule has 0 N–H and O–H groups in total. The fraction of sp³-hybridized carbons (Fsp3) is 0.240. The summed E-state index contributed by atoms with van der Waals surface area (Å²) in [7, 11) is 0. The summed E-state index contributed by atoms with van der Waals surface area (Å²) in [4.78, 5) is 0. The molecular formula is C25H22FIN2. The average Bonchev–Trinajstić information content (AvgIpc) is 3.13. The third kappa shape index (κ3) is 3.00. The maximum Gasteiger partial charge on any atom is 0.292 e. The zero-order chi connectivity index (χ0) is 18.7. The predicted molar refractivity (Wildman–Crippen MR) is 111 cm³/mol. The van der Waals surface area contributed by atoms with Crippen LogP contribution in [0.3, 0.4) is 0 Å². The number of rotatable bonds is 1. The first-order valence-electron chi connectivity index (χ1n) is 10.3. The van der Waals surface area contributed by atoms with Gasteiger partial charge in [-0.1, -0.05) is 25.3 Å².